The summed E-state index contributed by atoms with van der Waals surface area (Å²) >= 11 is 0. The Kier molecular flexibility index (Phi) is 11.2. The normalized spacial score (nSPS) is 15.3. The molecule has 1 heterocycles. The average molecular weight is 430 g/mol. The predicted molar refractivity (Wildman–Crippen MR) is 112 cm³/mol. The van der Waals surface area contributed by atoms with Crippen molar-refractivity contribution >= 4 is 5.96 Å². The Hall–Kier alpha value is -2.13. The Morgan fingerprint density at radius 1 is 1.20 bits per heavy atom. The second kappa shape index (κ2) is 14.0. The van der Waals surface area contributed by atoms with Crippen molar-refractivity contribution in [3.8, 4) is 11.5 Å². The molecule has 2 rings (SSSR count). The molecule has 0 bridgehead atoms. The summed E-state index contributed by atoms with van der Waals surface area (Å²) in [6.45, 7) is 1.65. The van der Waals surface area contributed by atoms with Gasteiger partial charge in [0.05, 0.1) is 7.11 Å². The van der Waals surface area contributed by atoms with Gasteiger partial charge >= 0.3 is 6.61 Å². The number of benzene rings is 1. The predicted octanol–water partition coefficient (Wildman–Crippen LogP) is 2.84. The van der Waals surface area contributed by atoms with Gasteiger partial charge in [0.25, 0.3) is 0 Å². The lowest BCUT2D eigenvalue weighted by atomic mass is 10.0. The van der Waals surface area contributed by atoms with Crippen LogP contribution in [0, 0.1) is 5.92 Å². The molecule has 1 aromatic carbocycles. The van der Waals surface area contributed by atoms with Crippen molar-refractivity contribution in [1.82, 2.24) is 10.6 Å². The number of methoxy groups -OCH3 is 1. The first-order valence-electron chi connectivity index (χ1n) is 10.3. The molecular formula is C21H33F2N3O4. The Bertz CT molecular complexity index is 641. The Morgan fingerprint density at radius 2 is 1.97 bits per heavy atom. The molecule has 9 heteroatoms. The highest BCUT2D eigenvalue weighted by atomic mass is 19.3. The molecule has 0 saturated carbocycles. The van der Waals surface area contributed by atoms with Crippen molar-refractivity contribution in [3.05, 3.63) is 23.8 Å². The van der Waals surface area contributed by atoms with Crippen LogP contribution in [0.5, 0.6) is 11.5 Å². The van der Waals surface area contributed by atoms with Crippen LogP contribution in [0.25, 0.3) is 0 Å². The molecule has 0 aromatic heterocycles. The highest BCUT2D eigenvalue weighted by Gasteiger charge is 2.13. The van der Waals surface area contributed by atoms with Crippen LogP contribution in [0.15, 0.2) is 23.2 Å². The summed E-state index contributed by atoms with van der Waals surface area (Å²) in [6.07, 6.45) is 3.67. The minimum atomic E-state index is -2.89. The van der Waals surface area contributed by atoms with E-state index in [0.29, 0.717) is 31.4 Å². The number of halogens is 2. The van der Waals surface area contributed by atoms with Gasteiger partial charge in [-0.05, 0) is 49.3 Å². The maximum absolute atomic E-state index is 12.5. The number of alkyl halides is 2. The highest BCUT2D eigenvalue weighted by molar-refractivity contribution is 5.79. The van der Waals surface area contributed by atoms with Crippen molar-refractivity contribution in [3.63, 3.8) is 0 Å². The first kappa shape index (κ1) is 24.1. The Balaban J connectivity index is 1.62. The Labute approximate surface area is 177 Å². The van der Waals surface area contributed by atoms with Gasteiger partial charge in [-0.25, -0.2) is 0 Å². The zero-order valence-corrected chi connectivity index (χ0v) is 17.8. The van der Waals surface area contributed by atoms with E-state index in [1.807, 2.05) is 6.07 Å². The standard InChI is InChI=1S/C21H33F2N3O4/c1-24-21(25-9-3-11-29-15-17-7-12-28-13-8-17)26-10-6-16-4-5-18(27-2)19(14-16)30-20(22)23/h4-5,14,17,20H,3,6-13,15H2,1-2H3,(H2,24,25,26). The molecule has 2 N–H and O–H groups in total. The van der Waals surface area contributed by atoms with Crippen molar-refractivity contribution in [1.29, 1.82) is 0 Å². The summed E-state index contributed by atoms with van der Waals surface area (Å²) in [7, 11) is 3.12. The first-order valence-corrected chi connectivity index (χ1v) is 10.3. The smallest absolute Gasteiger partial charge is 0.387 e. The molecule has 0 spiro atoms. The van der Waals surface area contributed by atoms with Crippen molar-refractivity contribution in [2.45, 2.75) is 32.3 Å². The lowest BCUT2D eigenvalue weighted by Gasteiger charge is -2.21. The number of hydrogen-bond donors (Lipinski definition) is 2. The molecule has 0 radical (unpaired) electrons. The monoisotopic (exact) mass is 429 g/mol. The largest absolute Gasteiger partial charge is 0.493 e. The van der Waals surface area contributed by atoms with E-state index in [1.54, 1.807) is 19.2 Å². The van der Waals surface area contributed by atoms with Crippen LogP contribution in [-0.4, -0.2) is 66.2 Å². The molecule has 1 aliphatic rings. The van der Waals surface area contributed by atoms with Crippen LogP contribution in [0.3, 0.4) is 0 Å². The minimum Gasteiger partial charge on any atom is -0.493 e. The fourth-order valence-corrected chi connectivity index (χ4v) is 3.15. The number of ether oxygens (including phenoxy) is 4. The molecule has 1 fully saturated rings. The molecular weight excluding hydrogens is 396 g/mol. The third-order valence-electron chi connectivity index (χ3n) is 4.83. The molecule has 0 aliphatic carbocycles. The molecule has 0 atom stereocenters. The molecule has 0 unspecified atom stereocenters. The second-order valence-corrected chi connectivity index (χ2v) is 7.02. The third-order valence-corrected chi connectivity index (χ3v) is 4.83. The van der Waals surface area contributed by atoms with E-state index in [-0.39, 0.29) is 11.5 Å². The van der Waals surface area contributed by atoms with Gasteiger partial charge in [0.1, 0.15) is 0 Å². The lowest BCUT2D eigenvalue weighted by molar-refractivity contribution is -0.0512. The van der Waals surface area contributed by atoms with Crippen LogP contribution in [-0.2, 0) is 15.9 Å². The van der Waals surface area contributed by atoms with Gasteiger partial charge < -0.3 is 29.6 Å². The number of aliphatic imine (C=N–C) groups is 1. The maximum atomic E-state index is 12.5. The lowest BCUT2D eigenvalue weighted by Crippen LogP contribution is -2.39. The van der Waals surface area contributed by atoms with Gasteiger partial charge in [-0.1, -0.05) is 6.07 Å². The summed E-state index contributed by atoms with van der Waals surface area (Å²) < 4.78 is 45.7. The Morgan fingerprint density at radius 3 is 2.67 bits per heavy atom. The number of rotatable bonds is 12. The zero-order chi connectivity index (χ0) is 21.6. The van der Waals surface area contributed by atoms with E-state index in [4.69, 9.17) is 14.2 Å². The van der Waals surface area contributed by atoms with E-state index in [2.05, 4.69) is 20.4 Å². The average Bonchev–Trinajstić information content (AvgIpc) is 2.75. The third kappa shape index (κ3) is 9.13. The summed E-state index contributed by atoms with van der Waals surface area (Å²) in [5.74, 6) is 1.62. The van der Waals surface area contributed by atoms with Crippen LogP contribution in [0.2, 0.25) is 0 Å². The number of guanidine groups is 1. The zero-order valence-electron chi connectivity index (χ0n) is 17.8. The molecule has 1 aliphatic heterocycles. The van der Waals surface area contributed by atoms with E-state index in [0.717, 1.165) is 51.2 Å². The maximum Gasteiger partial charge on any atom is 0.387 e. The summed E-state index contributed by atoms with van der Waals surface area (Å²) in [4.78, 5) is 4.19. The molecule has 0 amide bonds. The minimum absolute atomic E-state index is 0.0354. The van der Waals surface area contributed by atoms with Crippen LogP contribution < -0.4 is 20.1 Å². The van der Waals surface area contributed by atoms with E-state index in [1.165, 1.54) is 7.11 Å². The van der Waals surface area contributed by atoms with Gasteiger partial charge in [-0.3, -0.25) is 4.99 Å². The van der Waals surface area contributed by atoms with E-state index in [9.17, 15) is 8.78 Å². The van der Waals surface area contributed by atoms with Crippen LogP contribution in [0.4, 0.5) is 8.78 Å². The summed E-state index contributed by atoms with van der Waals surface area (Å²) in [5.41, 5.74) is 0.857. The topological polar surface area (TPSA) is 73.3 Å². The highest BCUT2D eigenvalue weighted by Crippen LogP contribution is 2.29. The first-order chi connectivity index (χ1) is 14.6. The number of hydrogen-bond acceptors (Lipinski definition) is 5. The number of nitrogens with zero attached hydrogens (tertiary/aromatic N) is 1. The van der Waals surface area contributed by atoms with E-state index < -0.39 is 6.61 Å². The van der Waals surface area contributed by atoms with Crippen molar-refractivity contribution in [2.75, 3.05) is 53.7 Å². The van der Waals surface area contributed by atoms with Gasteiger partial charge in [0.2, 0.25) is 0 Å². The quantitative estimate of drug-likeness (QED) is 0.302. The van der Waals surface area contributed by atoms with Crippen molar-refractivity contribution < 1.29 is 27.7 Å². The fraction of sp³-hybridized carbons (Fsp3) is 0.667. The van der Waals surface area contributed by atoms with Gasteiger partial charge in [0, 0.05) is 46.6 Å². The molecule has 1 aromatic rings. The van der Waals surface area contributed by atoms with Gasteiger partial charge in [-0.15, -0.1) is 0 Å². The summed E-state index contributed by atoms with van der Waals surface area (Å²) in [5, 5.41) is 6.46. The summed E-state index contributed by atoms with van der Waals surface area (Å²) in [6, 6.07) is 5.02. The fourth-order valence-electron chi connectivity index (χ4n) is 3.15. The SMILES string of the molecule is CN=C(NCCCOCC1CCOCC1)NCCc1ccc(OC)c(OC(F)F)c1. The second-order valence-electron chi connectivity index (χ2n) is 7.02. The number of nitrogens with one attached hydrogen (secondary N) is 2. The van der Waals surface area contributed by atoms with Crippen molar-refractivity contribution in [2.24, 2.45) is 10.9 Å². The van der Waals surface area contributed by atoms with Crippen LogP contribution >= 0.6 is 0 Å². The van der Waals surface area contributed by atoms with Gasteiger partial charge in [0.15, 0.2) is 17.5 Å². The van der Waals surface area contributed by atoms with Gasteiger partial charge in [-0.2, -0.15) is 8.78 Å². The van der Waals surface area contributed by atoms with E-state index >= 15 is 0 Å². The molecule has 1 saturated heterocycles. The van der Waals surface area contributed by atoms with Crippen LogP contribution in [0.1, 0.15) is 24.8 Å². The molecule has 170 valence electrons. The molecule has 30 heavy (non-hydrogen) atoms. The molecule has 7 nitrogen and oxygen atoms in total.